The minimum absolute atomic E-state index is 0. The van der Waals surface area contributed by atoms with E-state index in [1.165, 1.54) is 38.5 Å². The molecule has 0 atom stereocenters. The van der Waals surface area contributed by atoms with E-state index in [0.29, 0.717) is 12.0 Å². The Balaban J connectivity index is 0.00000300. The average molecular weight is 513 g/mol. The number of likely N-dealkylation sites (tertiary alicyclic amines) is 1. The first kappa shape index (κ1) is 23.9. The molecule has 2 aliphatic rings. The number of halogens is 1. The number of nitrogens with one attached hydrogen (secondary N) is 1. The van der Waals surface area contributed by atoms with Crippen LogP contribution in [0.15, 0.2) is 29.4 Å². The Morgan fingerprint density at radius 1 is 1.28 bits per heavy atom. The van der Waals surface area contributed by atoms with Gasteiger partial charge < -0.3 is 15.1 Å². The van der Waals surface area contributed by atoms with Crippen molar-refractivity contribution >= 4 is 35.8 Å². The van der Waals surface area contributed by atoms with E-state index in [-0.39, 0.29) is 36.4 Å². The van der Waals surface area contributed by atoms with Crippen LogP contribution in [-0.2, 0) is 11.2 Å². The smallest absolute Gasteiger partial charge is 0.244 e. The lowest BCUT2D eigenvalue weighted by atomic mass is 9.73. The van der Waals surface area contributed by atoms with Gasteiger partial charge in [0.25, 0.3) is 0 Å². The minimum atomic E-state index is 0. The molecule has 0 unspecified atom stereocenters. The summed E-state index contributed by atoms with van der Waals surface area (Å²) in [7, 11) is 1.85. The molecule has 1 aliphatic heterocycles. The number of rotatable bonds is 6. The molecule has 1 aromatic rings. The molecule has 1 amide bonds. The molecule has 0 radical (unpaired) electrons. The number of carbonyl (C=O) groups excluding carboxylic acids is 1. The second-order valence-corrected chi connectivity index (χ2v) is 8.29. The van der Waals surface area contributed by atoms with Crippen LogP contribution in [0.3, 0.4) is 0 Å². The van der Waals surface area contributed by atoms with E-state index in [4.69, 9.17) is 0 Å². The van der Waals surface area contributed by atoms with Gasteiger partial charge in [-0.05, 0) is 43.7 Å². The normalized spacial score (nSPS) is 18.4. The second-order valence-electron chi connectivity index (χ2n) is 8.29. The molecule has 1 saturated heterocycles. The van der Waals surface area contributed by atoms with Crippen LogP contribution in [0.5, 0.6) is 0 Å². The Kier molecular flexibility index (Phi) is 9.65. The first-order valence-electron chi connectivity index (χ1n) is 10.8. The Morgan fingerprint density at radius 2 is 2.07 bits per heavy atom. The van der Waals surface area contributed by atoms with Crippen molar-refractivity contribution in [1.82, 2.24) is 20.1 Å². The highest BCUT2D eigenvalue weighted by Crippen LogP contribution is 2.43. The summed E-state index contributed by atoms with van der Waals surface area (Å²) in [6.07, 6.45) is 10.6. The van der Waals surface area contributed by atoms with E-state index in [2.05, 4.69) is 27.1 Å². The van der Waals surface area contributed by atoms with Gasteiger partial charge in [0.2, 0.25) is 5.91 Å². The monoisotopic (exact) mass is 513 g/mol. The number of nitrogens with zero attached hydrogens (tertiary/aromatic N) is 4. The highest BCUT2D eigenvalue weighted by Gasteiger charge is 2.39. The summed E-state index contributed by atoms with van der Waals surface area (Å²) in [4.78, 5) is 25.7. The molecule has 2 fully saturated rings. The third-order valence-corrected chi connectivity index (χ3v) is 6.21. The summed E-state index contributed by atoms with van der Waals surface area (Å²) in [5, 5.41) is 3.39. The van der Waals surface area contributed by atoms with Gasteiger partial charge in [-0.2, -0.15) is 0 Å². The van der Waals surface area contributed by atoms with Crippen molar-refractivity contribution in [1.29, 1.82) is 0 Å². The predicted molar refractivity (Wildman–Crippen MR) is 129 cm³/mol. The van der Waals surface area contributed by atoms with Gasteiger partial charge in [-0.25, -0.2) is 4.99 Å². The van der Waals surface area contributed by atoms with Gasteiger partial charge in [0.1, 0.15) is 6.54 Å². The van der Waals surface area contributed by atoms with E-state index < -0.39 is 0 Å². The van der Waals surface area contributed by atoms with Crippen LogP contribution in [0.25, 0.3) is 0 Å². The topological polar surface area (TPSA) is 60.8 Å². The second kappa shape index (κ2) is 11.7. The fourth-order valence-electron chi connectivity index (χ4n) is 4.47. The van der Waals surface area contributed by atoms with E-state index in [0.717, 1.165) is 37.7 Å². The number of hydrogen-bond acceptors (Lipinski definition) is 3. The maximum atomic E-state index is 12.5. The third-order valence-electron chi connectivity index (χ3n) is 6.21. The third kappa shape index (κ3) is 6.83. The first-order valence-corrected chi connectivity index (χ1v) is 10.8. The summed E-state index contributed by atoms with van der Waals surface area (Å²) in [5.74, 6) is 0.953. The van der Waals surface area contributed by atoms with Crippen molar-refractivity contribution in [3.05, 3.63) is 30.1 Å². The van der Waals surface area contributed by atoms with Crippen molar-refractivity contribution in [3.8, 4) is 0 Å². The number of hydrogen-bond donors (Lipinski definition) is 1. The van der Waals surface area contributed by atoms with Crippen LogP contribution in [0.1, 0.15) is 51.1 Å². The van der Waals surface area contributed by atoms with Gasteiger partial charge in [0.05, 0.1) is 0 Å². The number of likely N-dealkylation sites (N-methyl/N-ethyl adjacent to an activating group) is 1. The molecule has 0 aromatic carbocycles. The van der Waals surface area contributed by atoms with Gasteiger partial charge in [-0.15, -0.1) is 24.0 Å². The quantitative estimate of drug-likeness (QED) is 0.360. The SMILES string of the molecule is CCNC(=NCC(=O)N(C)CCc1ccccn1)N1CCC2(CCCCC2)C1.I. The highest BCUT2D eigenvalue weighted by molar-refractivity contribution is 14.0. The van der Waals surface area contributed by atoms with E-state index in [9.17, 15) is 4.79 Å². The van der Waals surface area contributed by atoms with Crippen molar-refractivity contribution in [2.24, 2.45) is 10.4 Å². The molecule has 162 valence electrons. The fraction of sp³-hybridized carbons (Fsp3) is 0.682. The Morgan fingerprint density at radius 3 is 2.76 bits per heavy atom. The van der Waals surface area contributed by atoms with Crippen LogP contribution in [0, 0.1) is 5.41 Å². The number of aliphatic imine (C=N–C) groups is 1. The van der Waals surface area contributed by atoms with Crippen molar-refractivity contribution < 1.29 is 4.79 Å². The zero-order valence-electron chi connectivity index (χ0n) is 17.9. The zero-order chi connectivity index (χ0) is 19.8. The van der Waals surface area contributed by atoms with Crippen molar-refractivity contribution in [2.75, 3.05) is 39.8 Å². The molecular weight excluding hydrogens is 477 g/mol. The minimum Gasteiger partial charge on any atom is -0.357 e. The molecular formula is C22H36IN5O. The van der Waals surface area contributed by atoms with Gasteiger partial charge in [0, 0.05) is 51.5 Å². The lowest BCUT2D eigenvalue weighted by Crippen LogP contribution is -2.42. The molecule has 6 nitrogen and oxygen atoms in total. The fourth-order valence-corrected chi connectivity index (χ4v) is 4.47. The molecule has 1 aliphatic carbocycles. The van der Waals surface area contributed by atoms with Crippen LogP contribution >= 0.6 is 24.0 Å². The van der Waals surface area contributed by atoms with Gasteiger partial charge in [-0.1, -0.05) is 25.3 Å². The average Bonchev–Trinajstić information content (AvgIpc) is 3.13. The van der Waals surface area contributed by atoms with Crippen LogP contribution in [0.2, 0.25) is 0 Å². The predicted octanol–water partition coefficient (Wildman–Crippen LogP) is 3.32. The largest absolute Gasteiger partial charge is 0.357 e. The van der Waals surface area contributed by atoms with Gasteiger partial charge in [0.15, 0.2) is 5.96 Å². The number of guanidine groups is 1. The van der Waals surface area contributed by atoms with Crippen LogP contribution in [0.4, 0.5) is 0 Å². The molecule has 1 aromatic heterocycles. The summed E-state index contributed by atoms with van der Waals surface area (Å²) in [6.45, 7) is 5.91. The van der Waals surface area contributed by atoms with E-state index in [1.54, 1.807) is 11.1 Å². The summed E-state index contributed by atoms with van der Waals surface area (Å²) >= 11 is 0. The molecule has 7 heteroatoms. The van der Waals surface area contributed by atoms with Crippen LogP contribution in [-0.4, -0.2) is 66.4 Å². The molecule has 1 spiro atoms. The lowest BCUT2D eigenvalue weighted by Gasteiger charge is -2.33. The van der Waals surface area contributed by atoms with Gasteiger partial charge >= 0.3 is 0 Å². The molecule has 2 heterocycles. The van der Waals surface area contributed by atoms with Crippen LogP contribution < -0.4 is 5.32 Å². The molecule has 3 rings (SSSR count). The zero-order valence-corrected chi connectivity index (χ0v) is 20.2. The Bertz CT molecular complexity index is 660. The molecule has 1 saturated carbocycles. The summed E-state index contributed by atoms with van der Waals surface area (Å²) in [6, 6.07) is 5.88. The number of carbonyl (C=O) groups is 1. The number of amides is 1. The van der Waals surface area contributed by atoms with Gasteiger partial charge in [-0.3, -0.25) is 9.78 Å². The van der Waals surface area contributed by atoms with Crippen molar-refractivity contribution in [2.45, 2.75) is 51.9 Å². The molecule has 1 N–H and O–H groups in total. The maximum absolute atomic E-state index is 12.5. The summed E-state index contributed by atoms with van der Waals surface area (Å²) < 4.78 is 0. The number of pyridine rings is 1. The Hall–Kier alpha value is -1.38. The molecule has 29 heavy (non-hydrogen) atoms. The van der Waals surface area contributed by atoms with Crippen molar-refractivity contribution in [3.63, 3.8) is 0 Å². The first-order chi connectivity index (χ1) is 13.6. The molecule has 0 bridgehead atoms. The standard InChI is InChI=1S/C22H35N5O.HI/c1-3-23-21(27-16-13-22(18-27)11-6-4-7-12-22)25-17-20(28)26(2)15-10-19-9-5-8-14-24-19;/h5,8-9,14H,3-4,6-7,10-13,15-18H2,1-2H3,(H,23,25);1H. The number of aromatic nitrogens is 1. The van der Waals surface area contributed by atoms with E-state index >= 15 is 0 Å². The highest BCUT2D eigenvalue weighted by atomic mass is 127. The Labute approximate surface area is 192 Å². The maximum Gasteiger partial charge on any atom is 0.244 e. The summed E-state index contributed by atoms with van der Waals surface area (Å²) in [5.41, 5.74) is 1.49. The van der Waals surface area contributed by atoms with E-state index in [1.807, 2.05) is 25.2 Å². The lowest BCUT2D eigenvalue weighted by molar-refractivity contribution is -0.128.